The first-order valence-electron chi connectivity index (χ1n) is 11.9. The average Bonchev–Trinajstić information content (AvgIpc) is 3.41. The Morgan fingerprint density at radius 1 is 0.529 bits per heavy atom. The van der Waals surface area contributed by atoms with E-state index >= 15 is 0 Å². The van der Waals surface area contributed by atoms with Crippen LogP contribution in [-0.2, 0) is 0 Å². The Bertz CT molecular complexity index is 1710. The first-order chi connectivity index (χ1) is 16.9. The van der Waals surface area contributed by atoms with E-state index < -0.39 is 7.26 Å². The van der Waals surface area contributed by atoms with E-state index in [1.807, 2.05) is 0 Å². The fraction of sp³-hybridized carbons (Fsp3) is 0.0312. The lowest BCUT2D eigenvalue weighted by Crippen LogP contribution is -2.46. The van der Waals surface area contributed by atoms with Gasteiger partial charge in [-0.2, -0.15) is 0 Å². The van der Waals surface area contributed by atoms with Gasteiger partial charge < -0.3 is 0 Å². The highest BCUT2D eigenvalue weighted by Crippen LogP contribution is 2.73. The molecule has 2 aliphatic heterocycles. The summed E-state index contributed by atoms with van der Waals surface area (Å²) in [5.41, 5.74) is 5.57. The maximum Gasteiger partial charge on any atom is 0.298 e. The number of fused-ring (bicyclic) bond motifs is 5. The highest BCUT2D eigenvalue weighted by Gasteiger charge is 2.68. The molecule has 0 bridgehead atoms. The van der Waals surface area contributed by atoms with E-state index in [1.165, 1.54) is 54.4 Å². The van der Waals surface area contributed by atoms with Gasteiger partial charge in [-0.3, -0.25) is 0 Å². The Kier molecular flexibility index (Phi) is 3.63. The molecule has 0 N–H and O–H groups in total. The van der Waals surface area contributed by atoms with E-state index in [2.05, 4.69) is 132 Å². The van der Waals surface area contributed by atoms with Crippen molar-refractivity contribution in [2.75, 3.05) is 0 Å². The van der Waals surface area contributed by atoms with Gasteiger partial charge in [0.1, 0.15) is 15.9 Å². The van der Waals surface area contributed by atoms with Crippen LogP contribution >= 0.6 is 7.26 Å². The molecule has 34 heavy (non-hydrogen) atoms. The third kappa shape index (κ3) is 2.12. The molecule has 1 atom stereocenters. The summed E-state index contributed by atoms with van der Waals surface area (Å²) in [6.45, 7) is 0. The summed E-state index contributed by atoms with van der Waals surface area (Å²) in [4.78, 5) is 0. The molecule has 2 heteroatoms. The third-order valence-electron chi connectivity index (χ3n) is 7.79. The number of para-hydroxylation sites is 1. The average molecular weight is 452 g/mol. The summed E-state index contributed by atoms with van der Waals surface area (Å²) in [6, 6.07) is 47.8. The fourth-order valence-corrected chi connectivity index (χ4v) is 11.7. The molecule has 0 fully saturated rings. The Morgan fingerprint density at radius 2 is 1.18 bits per heavy atom. The molecule has 1 nitrogen and oxygen atoms in total. The molecule has 0 aliphatic carbocycles. The van der Waals surface area contributed by atoms with E-state index in [0.717, 1.165) is 0 Å². The molecule has 3 heterocycles. The second kappa shape index (κ2) is 6.63. The first kappa shape index (κ1) is 18.6. The van der Waals surface area contributed by atoms with Crippen molar-refractivity contribution < 1.29 is 4.57 Å². The second-order valence-corrected chi connectivity index (χ2v) is 12.8. The third-order valence-corrected chi connectivity index (χ3v) is 12.4. The van der Waals surface area contributed by atoms with Crippen LogP contribution in [0.15, 0.2) is 127 Å². The lowest BCUT2D eigenvalue weighted by Gasteiger charge is -2.26. The van der Waals surface area contributed by atoms with Gasteiger partial charge >= 0.3 is 0 Å². The topological polar surface area (TPSA) is 3.88 Å². The number of rotatable bonds is 2. The number of hydrogen-bond donors (Lipinski definition) is 0. The second-order valence-electron chi connectivity index (χ2n) is 9.32. The van der Waals surface area contributed by atoms with Crippen molar-refractivity contribution in [2.24, 2.45) is 0 Å². The summed E-state index contributed by atoms with van der Waals surface area (Å²) < 4.78 is 2.67. The lowest BCUT2D eigenvalue weighted by atomic mass is 9.99. The van der Waals surface area contributed by atoms with Gasteiger partial charge in [-0.1, -0.05) is 66.7 Å². The predicted octanol–water partition coefficient (Wildman–Crippen LogP) is 6.12. The van der Waals surface area contributed by atoms with E-state index in [4.69, 9.17) is 0 Å². The van der Waals surface area contributed by atoms with Gasteiger partial charge in [-0.05, 0) is 53.9 Å². The minimum absolute atomic E-state index is 0.259. The van der Waals surface area contributed by atoms with Crippen LogP contribution < -0.4 is 20.5 Å². The molecular formula is C32H22NP+2. The van der Waals surface area contributed by atoms with Crippen molar-refractivity contribution in [3.05, 3.63) is 133 Å². The van der Waals surface area contributed by atoms with Crippen molar-refractivity contribution in [3.8, 4) is 11.3 Å². The quantitative estimate of drug-likeness (QED) is 0.221. The maximum atomic E-state index is 2.67. The van der Waals surface area contributed by atoms with Crippen LogP contribution in [-0.4, -0.2) is 0 Å². The van der Waals surface area contributed by atoms with Gasteiger partial charge in [0.2, 0.25) is 11.2 Å². The molecular weight excluding hydrogens is 429 g/mol. The molecule has 0 radical (unpaired) electrons. The number of benzene rings is 5. The van der Waals surface area contributed by atoms with Gasteiger partial charge in [0, 0.05) is 22.9 Å². The molecule has 5 aromatic carbocycles. The Labute approximate surface area is 199 Å². The lowest BCUT2D eigenvalue weighted by molar-refractivity contribution is -0.650. The van der Waals surface area contributed by atoms with Crippen LogP contribution in [0.25, 0.3) is 32.9 Å². The largest absolute Gasteiger partial charge is 0.298 e. The zero-order chi connectivity index (χ0) is 22.3. The maximum absolute atomic E-state index is 2.67. The van der Waals surface area contributed by atoms with Crippen LogP contribution in [0.2, 0.25) is 0 Å². The van der Waals surface area contributed by atoms with Crippen molar-refractivity contribution >= 4 is 44.9 Å². The monoisotopic (exact) mass is 451 g/mol. The van der Waals surface area contributed by atoms with E-state index in [1.54, 1.807) is 0 Å². The van der Waals surface area contributed by atoms with Gasteiger partial charge in [-0.15, -0.1) is 4.57 Å². The molecule has 158 valence electrons. The van der Waals surface area contributed by atoms with Crippen molar-refractivity contribution in [1.29, 1.82) is 0 Å². The Morgan fingerprint density at radius 3 is 1.94 bits per heavy atom. The highest BCUT2D eigenvalue weighted by molar-refractivity contribution is 7.96. The molecule has 2 aliphatic rings. The number of nitrogens with zero attached hydrogens (tertiary/aromatic N) is 1. The molecule has 0 saturated heterocycles. The summed E-state index contributed by atoms with van der Waals surface area (Å²) in [6.07, 6.45) is 0. The smallest absolute Gasteiger partial charge is 0.150 e. The Hall–Kier alpha value is -3.80. The van der Waals surface area contributed by atoms with Crippen molar-refractivity contribution in [2.45, 2.75) is 5.78 Å². The first-order valence-corrected chi connectivity index (χ1v) is 13.7. The van der Waals surface area contributed by atoms with Gasteiger partial charge in [-0.25, -0.2) is 0 Å². The summed E-state index contributed by atoms with van der Waals surface area (Å²) in [5, 5.41) is 8.55. The van der Waals surface area contributed by atoms with E-state index in [9.17, 15) is 0 Å². The number of aromatic nitrogens is 1. The highest BCUT2D eigenvalue weighted by atomic mass is 31.2. The van der Waals surface area contributed by atoms with Gasteiger partial charge in [0.05, 0.1) is 11.1 Å². The fourth-order valence-electron chi connectivity index (χ4n) is 6.55. The van der Waals surface area contributed by atoms with Gasteiger partial charge in [0.15, 0.2) is 7.26 Å². The molecule has 8 rings (SSSR count). The molecule has 0 spiro atoms. The van der Waals surface area contributed by atoms with Gasteiger partial charge in [0.25, 0.3) is 5.78 Å². The standard InChI is InChI=1S/C32H22NP/c1-3-12-24(13-4-1)34(25-14-5-2-6-15-25)29-17-9-11-23-18-20-26-28-21-19-22-10-7-8-16-27(22)33(28)32(34)31(26)30(23)29/h1-21,32H/q+2. The predicted molar refractivity (Wildman–Crippen MR) is 144 cm³/mol. The molecule has 1 aromatic heterocycles. The van der Waals surface area contributed by atoms with Crippen molar-refractivity contribution in [3.63, 3.8) is 0 Å². The van der Waals surface area contributed by atoms with Crippen LogP contribution in [0.4, 0.5) is 0 Å². The molecule has 0 amide bonds. The van der Waals surface area contributed by atoms with E-state index in [0.29, 0.717) is 0 Å². The minimum atomic E-state index is -2.04. The van der Waals surface area contributed by atoms with Crippen LogP contribution in [0.3, 0.4) is 0 Å². The molecule has 1 unspecified atom stereocenters. The number of pyridine rings is 1. The molecule has 6 aromatic rings. The van der Waals surface area contributed by atoms with E-state index in [-0.39, 0.29) is 5.78 Å². The van der Waals surface area contributed by atoms with Crippen molar-refractivity contribution in [1.82, 2.24) is 0 Å². The zero-order valence-corrected chi connectivity index (χ0v) is 19.5. The van der Waals surface area contributed by atoms with Crippen LogP contribution in [0.1, 0.15) is 11.3 Å². The number of hydrogen-bond acceptors (Lipinski definition) is 0. The zero-order valence-electron chi connectivity index (χ0n) is 18.6. The normalized spacial score (nSPS) is 16.8. The van der Waals surface area contributed by atoms with Crippen LogP contribution in [0.5, 0.6) is 0 Å². The SMILES string of the molecule is c1ccc([P+]2(c3ccccc3)c3cccc4ccc5c(c34)C2[n+]2c-5ccc3ccccc32)cc1. The summed E-state index contributed by atoms with van der Waals surface area (Å²) >= 11 is 0. The Balaban J connectivity index is 1.64. The minimum Gasteiger partial charge on any atom is -0.150 e. The summed E-state index contributed by atoms with van der Waals surface area (Å²) in [5.74, 6) is 0.259. The molecule has 0 saturated carbocycles. The summed E-state index contributed by atoms with van der Waals surface area (Å²) in [7, 11) is -2.04. The van der Waals surface area contributed by atoms with Crippen LogP contribution in [0, 0.1) is 0 Å².